The summed E-state index contributed by atoms with van der Waals surface area (Å²) in [6, 6.07) is 1.37. The van der Waals surface area contributed by atoms with Crippen molar-refractivity contribution in [2.75, 3.05) is 19.8 Å². The van der Waals surface area contributed by atoms with E-state index in [1.165, 1.54) is 38.5 Å². The molecule has 2 aliphatic heterocycles. The van der Waals surface area contributed by atoms with E-state index in [1.54, 1.807) is 0 Å². The number of ether oxygens (including phenoxy) is 1. The van der Waals surface area contributed by atoms with Gasteiger partial charge in [0.25, 0.3) is 0 Å². The molecule has 0 radical (unpaired) electrons. The van der Waals surface area contributed by atoms with E-state index in [2.05, 4.69) is 10.6 Å². The Hall–Kier alpha value is -0.320. The molecule has 3 aliphatic rings. The highest BCUT2D eigenvalue weighted by Gasteiger charge is 2.34. The van der Waals surface area contributed by atoms with Crippen molar-refractivity contribution < 1.29 is 9.53 Å². The highest BCUT2D eigenvalue weighted by Crippen LogP contribution is 2.32. The van der Waals surface area contributed by atoms with Gasteiger partial charge in [-0.3, -0.25) is 4.79 Å². The van der Waals surface area contributed by atoms with E-state index in [9.17, 15) is 4.79 Å². The van der Waals surface area contributed by atoms with Crippen molar-refractivity contribution in [1.29, 1.82) is 0 Å². The Kier molecular flexibility index (Phi) is 6.77. The first-order chi connectivity index (χ1) is 9.79. The van der Waals surface area contributed by atoms with Gasteiger partial charge in [0, 0.05) is 38.3 Å². The standard InChI is InChI=1S/C16H28N2O2.ClH/c19-16(17-6-1-7-20-11-12-2-3-12)10-13-8-14-4-5-15(9-13)18-14;/h12-15,18H,1-11H2,(H,17,19);1H. The van der Waals surface area contributed by atoms with Crippen molar-refractivity contribution >= 4 is 18.3 Å². The van der Waals surface area contributed by atoms with E-state index in [-0.39, 0.29) is 18.3 Å². The fourth-order valence-electron chi connectivity index (χ4n) is 3.61. The van der Waals surface area contributed by atoms with Crippen molar-refractivity contribution in [3.05, 3.63) is 0 Å². The second-order valence-corrected chi connectivity index (χ2v) is 6.90. The molecule has 0 aromatic carbocycles. The lowest BCUT2D eigenvalue weighted by atomic mass is 9.89. The van der Waals surface area contributed by atoms with E-state index < -0.39 is 0 Å². The number of carbonyl (C=O) groups is 1. The van der Waals surface area contributed by atoms with Gasteiger partial charge in [-0.2, -0.15) is 0 Å². The predicted molar refractivity (Wildman–Crippen MR) is 85.7 cm³/mol. The molecule has 2 N–H and O–H groups in total. The van der Waals surface area contributed by atoms with Crippen molar-refractivity contribution in [3.8, 4) is 0 Å². The minimum absolute atomic E-state index is 0. The molecule has 1 aliphatic carbocycles. The summed E-state index contributed by atoms with van der Waals surface area (Å²) >= 11 is 0. The number of amides is 1. The van der Waals surface area contributed by atoms with Gasteiger partial charge < -0.3 is 15.4 Å². The van der Waals surface area contributed by atoms with Crippen LogP contribution in [0.5, 0.6) is 0 Å². The molecule has 2 unspecified atom stereocenters. The van der Waals surface area contributed by atoms with Crippen molar-refractivity contribution in [2.24, 2.45) is 11.8 Å². The maximum atomic E-state index is 11.9. The summed E-state index contributed by atoms with van der Waals surface area (Å²) in [5.74, 6) is 1.67. The Labute approximate surface area is 134 Å². The molecule has 0 aromatic rings. The first kappa shape index (κ1) is 17.0. The quantitative estimate of drug-likeness (QED) is 0.675. The highest BCUT2D eigenvalue weighted by molar-refractivity contribution is 5.85. The SMILES string of the molecule is Cl.O=C(CC1CC2CCC(C1)N2)NCCCOCC1CC1. The Morgan fingerprint density at radius 2 is 1.81 bits per heavy atom. The molecule has 2 saturated heterocycles. The largest absolute Gasteiger partial charge is 0.381 e. The highest BCUT2D eigenvalue weighted by atomic mass is 35.5. The van der Waals surface area contributed by atoms with Crippen LogP contribution in [0.25, 0.3) is 0 Å². The van der Waals surface area contributed by atoms with Gasteiger partial charge in [0.1, 0.15) is 0 Å². The Balaban J connectivity index is 0.00000161. The van der Waals surface area contributed by atoms with Gasteiger partial charge in [-0.05, 0) is 56.8 Å². The van der Waals surface area contributed by atoms with Crippen LogP contribution < -0.4 is 10.6 Å². The molecule has 0 aromatic heterocycles. The van der Waals surface area contributed by atoms with Gasteiger partial charge in [0.05, 0.1) is 0 Å². The van der Waals surface area contributed by atoms with Gasteiger partial charge in [0.15, 0.2) is 0 Å². The number of halogens is 1. The smallest absolute Gasteiger partial charge is 0.220 e. The predicted octanol–water partition coefficient (Wildman–Crippen LogP) is 2.26. The monoisotopic (exact) mass is 316 g/mol. The van der Waals surface area contributed by atoms with Gasteiger partial charge in [-0.25, -0.2) is 0 Å². The topological polar surface area (TPSA) is 50.4 Å². The summed E-state index contributed by atoms with van der Waals surface area (Å²) < 4.78 is 5.57. The lowest BCUT2D eigenvalue weighted by Gasteiger charge is -2.28. The first-order valence-electron chi connectivity index (χ1n) is 8.40. The molecule has 5 heteroatoms. The number of hydrogen-bond donors (Lipinski definition) is 2. The third-order valence-electron chi connectivity index (χ3n) is 4.88. The van der Waals surface area contributed by atoms with Crippen LogP contribution in [-0.2, 0) is 9.53 Å². The average molecular weight is 317 g/mol. The second-order valence-electron chi connectivity index (χ2n) is 6.90. The number of fused-ring (bicyclic) bond motifs is 2. The second kappa shape index (κ2) is 8.35. The average Bonchev–Trinajstić information content (AvgIpc) is 3.19. The minimum Gasteiger partial charge on any atom is -0.381 e. The lowest BCUT2D eigenvalue weighted by molar-refractivity contribution is -0.122. The normalized spacial score (nSPS) is 30.8. The Morgan fingerprint density at radius 1 is 1.10 bits per heavy atom. The van der Waals surface area contributed by atoms with Crippen molar-refractivity contribution in [2.45, 2.75) is 63.5 Å². The van der Waals surface area contributed by atoms with E-state index in [0.717, 1.165) is 38.5 Å². The van der Waals surface area contributed by atoms with E-state index in [4.69, 9.17) is 4.74 Å². The van der Waals surface area contributed by atoms with E-state index in [0.29, 0.717) is 18.0 Å². The van der Waals surface area contributed by atoms with Gasteiger partial charge in [-0.15, -0.1) is 12.4 Å². The van der Waals surface area contributed by atoms with Crippen LogP contribution in [0, 0.1) is 11.8 Å². The maximum Gasteiger partial charge on any atom is 0.220 e. The summed E-state index contributed by atoms with van der Waals surface area (Å²) in [7, 11) is 0. The lowest BCUT2D eigenvalue weighted by Crippen LogP contribution is -2.39. The third-order valence-corrected chi connectivity index (χ3v) is 4.88. The summed E-state index contributed by atoms with van der Waals surface area (Å²) in [5, 5.41) is 6.67. The summed E-state index contributed by atoms with van der Waals surface area (Å²) in [5.41, 5.74) is 0. The van der Waals surface area contributed by atoms with Gasteiger partial charge >= 0.3 is 0 Å². The minimum atomic E-state index is 0. The Morgan fingerprint density at radius 3 is 2.48 bits per heavy atom. The van der Waals surface area contributed by atoms with Crippen LogP contribution in [0.4, 0.5) is 0 Å². The fourth-order valence-corrected chi connectivity index (χ4v) is 3.61. The molecule has 1 amide bonds. The number of piperidine rings is 1. The molecule has 21 heavy (non-hydrogen) atoms. The molecular formula is C16H29ClN2O2. The zero-order chi connectivity index (χ0) is 13.8. The Bertz CT molecular complexity index is 324. The summed E-state index contributed by atoms with van der Waals surface area (Å²) in [4.78, 5) is 11.9. The van der Waals surface area contributed by atoms with Crippen molar-refractivity contribution in [3.63, 3.8) is 0 Å². The number of carbonyl (C=O) groups excluding carboxylic acids is 1. The molecule has 2 atom stereocenters. The van der Waals surface area contributed by atoms with Crippen LogP contribution in [0.3, 0.4) is 0 Å². The maximum absolute atomic E-state index is 11.9. The summed E-state index contributed by atoms with van der Waals surface area (Å²) in [6.45, 7) is 2.47. The number of nitrogens with one attached hydrogen (secondary N) is 2. The third kappa shape index (κ3) is 5.76. The molecule has 0 spiro atoms. The molecule has 3 fully saturated rings. The van der Waals surface area contributed by atoms with Crippen molar-refractivity contribution in [1.82, 2.24) is 10.6 Å². The molecule has 2 bridgehead atoms. The molecule has 4 nitrogen and oxygen atoms in total. The van der Waals surface area contributed by atoms with Gasteiger partial charge in [0.2, 0.25) is 5.91 Å². The van der Waals surface area contributed by atoms with Gasteiger partial charge in [-0.1, -0.05) is 0 Å². The molecule has 3 rings (SSSR count). The molecule has 1 saturated carbocycles. The van der Waals surface area contributed by atoms with Crippen LogP contribution in [0.1, 0.15) is 51.4 Å². The zero-order valence-electron chi connectivity index (χ0n) is 12.8. The fraction of sp³-hybridized carbons (Fsp3) is 0.938. The number of hydrogen-bond acceptors (Lipinski definition) is 3. The number of rotatable bonds is 8. The molecular weight excluding hydrogens is 288 g/mol. The first-order valence-corrected chi connectivity index (χ1v) is 8.40. The summed E-state index contributed by atoms with van der Waals surface area (Å²) in [6.07, 6.45) is 9.34. The molecule has 122 valence electrons. The molecule has 2 heterocycles. The van der Waals surface area contributed by atoms with E-state index >= 15 is 0 Å². The van der Waals surface area contributed by atoms with Crippen LogP contribution >= 0.6 is 12.4 Å². The van der Waals surface area contributed by atoms with Crippen LogP contribution in [0.2, 0.25) is 0 Å². The van der Waals surface area contributed by atoms with E-state index in [1.807, 2.05) is 0 Å². The van der Waals surface area contributed by atoms with Crippen LogP contribution in [0.15, 0.2) is 0 Å². The van der Waals surface area contributed by atoms with Crippen LogP contribution in [-0.4, -0.2) is 37.7 Å². The zero-order valence-corrected chi connectivity index (χ0v) is 13.6.